The number of hydrogen-bond donors (Lipinski definition) is 3. The van der Waals surface area contributed by atoms with Gasteiger partial charge in [0.2, 0.25) is 17.7 Å². The van der Waals surface area contributed by atoms with Crippen molar-refractivity contribution in [1.29, 1.82) is 0 Å². The zero-order valence-electron chi connectivity index (χ0n) is 13.3. The molecule has 24 heavy (non-hydrogen) atoms. The molecule has 6 heteroatoms. The molecule has 0 unspecified atom stereocenters. The summed E-state index contributed by atoms with van der Waals surface area (Å²) >= 11 is 0. The molecule has 0 aliphatic rings. The minimum absolute atomic E-state index is 0.196. The van der Waals surface area contributed by atoms with Crippen molar-refractivity contribution in [1.82, 2.24) is 5.32 Å². The van der Waals surface area contributed by atoms with Gasteiger partial charge in [-0.1, -0.05) is 36.4 Å². The summed E-state index contributed by atoms with van der Waals surface area (Å²) in [4.78, 5) is 34.7. The Bertz CT molecular complexity index is 729. The van der Waals surface area contributed by atoms with E-state index in [0.29, 0.717) is 17.9 Å². The third-order valence-corrected chi connectivity index (χ3v) is 3.12. The molecule has 0 heterocycles. The lowest BCUT2D eigenvalue weighted by Gasteiger charge is -2.08. The molecule has 2 aromatic carbocycles. The first kappa shape index (κ1) is 17.2. The van der Waals surface area contributed by atoms with Crippen LogP contribution in [0.5, 0.6) is 0 Å². The summed E-state index contributed by atoms with van der Waals surface area (Å²) in [7, 11) is 0. The first-order valence-electron chi connectivity index (χ1n) is 7.51. The Morgan fingerprint density at radius 2 is 1.50 bits per heavy atom. The van der Waals surface area contributed by atoms with Crippen LogP contribution in [0.25, 0.3) is 0 Å². The summed E-state index contributed by atoms with van der Waals surface area (Å²) in [6.45, 7) is 1.79. The Balaban J connectivity index is 1.82. The molecule has 0 bridgehead atoms. The van der Waals surface area contributed by atoms with Gasteiger partial charge in [-0.25, -0.2) is 0 Å². The van der Waals surface area contributed by atoms with E-state index in [9.17, 15) is 14.4 Å². The van der Waals surface area contributed by atoms with Crippen LogP contribution in [0.2, 0.25) is 0 Å². The monoisotopic (exact) mass is 325 g/mol. The number of hydrogen-bond acceptors (Lipinski definition) is 3. The van der Waals surface area contributed by atoms with E-state index in [2.05, 4.69) is 16.0 Å². The maximum atomic E-state index is 11.9. The van der Waals surface area contributed by atoms with Gasteiger partial charge in [-0.2, -0.15) is 0 Å². The van der Waals surface area contributed by atoms with Gasteiger partial charge in [0, 0.05) is 24.8 Å². The maximum absolute atomic E-state index is 11.9. The molecule has 3 N–H and O–H groups in total. The molecule has 0 atom stereocenters. The Hall–Kier alpha value is -3.15. The SMILES string of the molecule is CC(=O)Nc1cccc(NC(=O)CC(=O)NCc2ccccc2)c1. The van der Waals surface area contributed by atoms with E-state index in [0.717, 1.165) is 5.56 Å². The quantitative estimate of drug-likeness (QED) is 0.712. The van der Waals surface area contributed by atoms with Crippen LogP contribution >= 0.6 is 0 Å². The fraction of sp³-hybridized carbons (Fsp3) is 0.167. The van der Waals surface area contributed by atoms with E-state index in [1.54, 1.807) is 24.3 Å². The van der Waals surface area contributed by atoms with E-state index < -0.39 is 5.91 Å². The van der Waals surface area contributed by atoms with Crippen molar-refractivity contribution in [3.05, 3.63) is 60.2 Å². The van der Waals surface area contributed by atoms with Crippen LogP contribution in [0, 0.1) is 0 Å². The zero-order valence-corrected chi connectivity index (χ0v) is 13.3. The number of benzene rings is 2. The fourth-order valence-electron chi connectivity index (χ4n) is 2.09. The molecule has 0 fully saturated rings. The lowest BCUT2D eigenvalue weighted by Crippen LogP contribution is -2.27. The molecule has 6 nitrogen and oxygen atoms in total. The second-order valence-electron chi connectivity index (χ2n) is 5.25. The van der Waals surface area contributed by atoms with Crippen molar-refractivity contribution in [2.45, 2.75) is 19.9 Å². The van der Waals surface area contributed by atoms with Gasteiger partial charge in [0.25, 0.3) is 0 Å². The van der Waals surface area contributed by atoms with Crippen LogP contribution in [-0.4, -0.2) is 17.7 Å². The summed E-state index contributed by atoms with van der Waals surface area (Å²) in [5.74, 6) is -0.964. The van der Waals surface area contributed by atoms with E-state index in [4.69, 9.17) is 0 Å². The van der Waals surface area contributed by atoms with Crippen molar-refractivity contribution < 1.29 is 14.4 Å². The average molecular weight is 325 g/mol. The summed E-state index contributed by atoms with van der Waals surface area (Å²) in [5, 5.41) is 7.96. The van der Waals surface area contributed by atoms with Gasteiger partial charge in [0.1, 0.15) is 6.42 Å². The molecular weight excluding hydrogens is 306 g/mol. The molecule has 3 amide bonds. The van der Waals surface area contributed by atoms with Gasteiger partial charge in [0.05, 0.1) is 0 Å². The standard InChI is InChI=1S/C18H19N3O3/c1-13(22)20-15-8-5-9-16(10-15)21-18(24)11-17(23)19-12-14-6-3-2-4-7-14/h2-10H,11-12H2,1H3,(H,19,23)(H,20,22)(H,21,24). The van der Waals surface area contributed by atoms with Crippen molar-refractivity contribution in [2.75, 3.05) is 10.6 Å². The summed E-state index contributed by atoms with van der Waals surface area (Å²) in [6, 6.07) is 16.2. The normalized spacial score (nSPS) is 9.88. The van der Waals surface area contributed by atoms with Gasteiger partial charge in [-0.05, 0) is 23.8 Å². The van der Waals surface area contributed by atoms with Gasteiger partial charge in [-0.3, -0.25) is 14.4 Å². The number of nitrogens with one attached hydrogen (secondary N) is 3. The van der Waals surface area contributed by atoms with Crippen LogP contribution in [0.1, 0.15) is 18.9 Å². The lowest BCUT2D eigenvalue weighted by atomic mass is 10.2. The highest BCUT2D eigenvalue weighted by atomic mass is 16.2. The van der Waals surface area contributed by atoms with E-state index in [-0.39, 0.29) is 18.2 Å². The molecule has 0 aliphatic carbocycles. The number of carbonyl (C=O) groups is 3. The number of carbonyl (C=O) groups excluding carboxylic acids is 3. The molecule has 0 radical (unpaired) electrons. The maximum Gasteiger partial charge on any atom is 0.233 e. The molecular formula is C18H19N3O3. The van der Waals surface area contributed by atoms with Crippen LogP contribution in [-0.2, 0) is 20.9 Å². The minimum Gasteiger partial charge on any atom is -0.352 e. The average Bonchev–Trinajstić information content (AvgIpc) is 2.53. The van der Waals surface area contributed by atoms with Crippen molar-refractivity contribution >= 4 is 29.1 Å². The van der Waals surface area contributed by atoms with Crippen LogP contribution in [0.4, 0.5) is 11.4 Å². The highest BCUT2D eigenvalue weighted by molar-refractivity contribution is 6.03. The molecule has 0 aromatic heterocycles. The molecule has 0 aliphatic heterocycles. The first-order chi connectivity index (χ1) is 11.5. The second-order valence-corrected chi connectivity index (χ2v) is 5.25. The van der Waals surface area contributed by atoms with Crippen LogP contribution in [0.3, 0.4) is 0 Å². The molecule has 2 rings (SSSR count). The Morgan fingerprint density at radius 1 is 0.833 bits per heavy atom. The third kappa shape index (κ3) is 5.92. The van der Waals surface area contributed by atoms with E-state index in [1.807, 2.05) is 30.3 Å². The molecule has 2 aromatic rings. The van der Waals surface area contributed by atoms with E-state index in [1.165, 1.54) is 6.92 Å². The number of amides is 3. The summed E-state index contributed by atoms with van der Waals surface area (Å²) in [5.41, 5.74) is 2.06. The van der Waals surface area contributed by atoms with Crippen LogP contribution < -0.4 is 16.0 Å². The van der Waals surface area contributed by atoms with Crippen molar-refractivity contribution in [3.63, 3.8) is 0 Å². The molecule has 0 saturated carbocycles. The smallest absolute Gasteiger partial charge is 0.233 e. The van der Waals surface area contributed by atoms with Gasteiger partial charge < -0.3 is 16.0 Å². The Kier molecular flexibility index (Phi) is 6.08. The zero-order chi connectivity index (χ0) is 17.4. The topological polar surface area (TPSA) is 87.3 Å². The van der Waals surface area contributed by atoms with Gasteiger partial charge in [0.15, 0.2) is 0 Å². The fourth-order valence-corrected chi connectivity index (χ4v) is 2.09. The predicted octanol–water partition coefficient (Wildman–Crippen LogP) is 2.29. The number of rotatable bonds is 6. The third-order valence-electron chi connectivity index (χ3n) is 3.12. The lowest BCUT2D eigenvalue weighted by molar-refractivity contribution is -0.127. The predicted molar refractivity (Wildman–Crippen MR) is 92.3 cm³/mol. The first-order valence-corrected chi connectivity index (χ1v) is 7.51. The highest BCUT2D eigenvalue weighted by Crippen LogP contribution is 2.15. The van der Waals surface area contributed by atoms with Crippen LogP contribution in [0.15, 0.2) is 54.6 Å². The number of anilines is 2. The molecule has 0 saturated heterocycles. The minimum atomic E-state index is -0.416. The van der Waals surface area contributed by atoms with E-state index >= 15 is 0 Å². The van der Waals surface area contributed by atoms with Gasteiger partial charge >= 0.3 is 0 Å². The largest absolute Gasteiger partial charge is 0.352 e. The Labute approximate surface area is 140 Å². The highest BCUT2D eigenvalue weighted by Gasteiger charge is 2.10. The van der Waals surface area contributed by atoms with Crippen molar-refractivity contribution in [2.24, 2.45) is 0 Å². The summed E-state index contributed by atoms with van der Waals surface area (Å²) < 4.78 is 0. The van der Waals surface area contributed by atoms with Crippen molar-refractivity contribution in [3.8, 4) is 0 Å². The second kappa shape index (κ2) is 8.47. The summed E-state index contributed by atoms with van der Waals surface area (Å²) in [6.07, 6.45) is -0.267. The molecule has 0 spiro atoms. The van der Waals surface area contributed by atoms with Gasteiger partial charge in [-0.15, -0.1) is 0 Å². The Morgan fingerprint density at radius 3 is 2.17 bits per heavy atom. The molecule has 124 valence electrons.